The smallest absolute Gasteiger partial charge is 0.229 e. The molecule has 1 heterocycles. The largest absolute Gasteiger partial charge is 0.330 e. The summed E-state index contributed by atoms with van der Waals surface area (Å²) in [7, 11) is 0. The molecule has 0 saturated heterocycles. The molecular weight excluding hydrogens is 204 g/mol. The SMILES string of the molecule is Cc1cc(C)nc(NC(=O)CCCCN)n1. The first-order valence-corrected chi connectivity index (χ1v) is 5.44. The zero-order chi connectivity index (χ0) is 12.0. The lowest BCUT2D eigenvalue weighted by atomic mass is 10.2. The van der Waals surface area contributed by atoms with Crippen molar-refractivity contribution in [2.45, 2.75) is 33.1 Å². The number of hydrogen-bond donors (Lipinski definition) is 2. The van der Waals surface area contributed by atoms with Crippen LogP contribution in [0.25, 0.3) is 0 Å². The molecule has 3 N–H and O–H groups in total. The number of carbonyl (C=O) groups is 1. The van der Waals surface area contributed by atoms with Gasteiger partial charge in [-0.2, -0.15) is 0 Å². The number of amides is 1. The van der Waals surface area contributed by atoms with Crippen molar-refractivity contribution in [2.24, 2.45) is 5.73 Å². The normalized spacial score (nSPS) is 10.2. The highest BCUT2D eigenvalue weighted by molar-refractivity contribution is 5.88. The Morgan fingerprint density at radius 1 is 1.31 bits per heavy atom. The Morgan fingerprint density at radius 3 is 2.50 bits per heavy atom. The van der Waals surface area contributed by atoms with Crippen LogP contribution in [-0.4, -0.2) is 22.4 Å². The molecule has 1 amide bonds. The van der Waals surface area contributed by atoms with E-state index in [4.69, 9.17) is 5.73 Å². The van der Waals surface area contributed by atoms with E-state index in [0.717, 1.165) is 24.2 Å². The van der Waals surface area contributed by atoms with E-state index in [0.29, 0.717) is 18.9 Å². The standard InChI is InChI=1S/C11H18N4O/c1-8-7-9(2)14-11(13-8)15-10(16)5-3-4-6-12/h7H,3-6,12H2,1-2H3,(H,13,14,15,16). The highest BCUT2D eigenvalue weighted by Crippen LogP contribution is 2.05. The Labute approximate surface area is 95.5 Å². The fourth-order valence-electron chi connectivity index (χ4n) is 1.40. The van der Waals surface area contributed by atoms with Crippen molar-refractivity contribution in [2.75, 3.05) is 11.9 Å². The average Bonchev–Trinajstić information content (AvgIpc) is 2.16. The van der Waals surface area contributed by atoms with Crippen LogP contribution in [0.15, 0.2) is 6.07 Å². The van der Waals surface area contributed by atoms with Gasteiger partial charge in [-0.05, 0) is 39.3 Å². The lowest BCUT2D eigenvalue weighted by molar-refractivity contribution is -0.116. The molecule has 0 saturated carbocycles. The first-order valence-electron chi connectivity index (χ1n) is 5.44. The molecule has 0 radical (unpaired) electrons. The molecule has 0 fully saturated rings. The number of nitrogens with two attached hydrogens (primary N) is 1. The van der Waals surface area contributed by atoms with E-state index in [1.807, 2.05) is 19.9 Å². The van der Waals surface area contributed by atoms with Crippen LogP contribution in [-0.2, 0) is 4.79 Å². The van der Waals surface area contributed by atoms with Crippen molar-refractivity contribution in [3.05, 3.63) is 17.5 Å². The number of aryl methyl sites for hydroxylation is 2. The highest BCUT2D eigenvalue weighted by Gasteiger charge is 2.04. The Hall–Kier alpha value is -1.49. The second-order valence-corrected chi connectivity index (χ2v) is 3.77. The molecule has 16 heavy (non-hydrogen) atoms. The van der Waals surface area contributed by atoms with E-state index in [1.54, 1.807) is 0 Å². The Morgan fingerprint density at radius 2 is 1.94 bits per heavy atom. The number of carbonyl (C=O) groups excluding carboxylic acids is 1. The van der Waals surface area contributed by atoms with Gasteiger partial charge in [0.2, 0.25) is 11.9 Å². The van der Waals surface area contributed by atoms with Gasteiger partial charge in [0.1, 0.15) is 0 Å². The van der Waals surface area contributed by atoms with Crippen LogP contribution in [0.1, 0.15) is 30.7 Å². The van der Waals surface area contributed by atoms with E-state index in [1.165, 1.54) is 0 Å². The maximum atomic E-state index is 11.5. The van der Waals surface area contributed by atoms with E-state index in [9.17, 15) is 4.79 Å². The van der Waals surface area contributed by atoms with Crippen LogP contribution >= 0.6 is 0 Å². The molecule has 88 valence electrons. The fourth-order valence-corrected chi connectivity index (χ4v) is 1.40. The second kappa shape index (κ2) is 6.17. The van der Waals surface area contributed by atoms with E-state index in [-0.39, 0.29) is 5.91 Å². The topological polar surface area (TPSA) is 80.9 Å². The lowest BCUT2D eigenvalue weighted by Crippen LogP contribution is -2.14. The predicted octanol–water partition coefficient (Wildman–Crippen LogP) is 1.16. The van der Waals surface area contributed by atoms with Crippen LogP contribution in [0.3, 0.4) is 0 Å². The summed E-state index contributed by atoms with van der Waals surface area (Å²) in [5.74, 6) is 0.327. The minimum absolute atomic E-state index is 0.0570. The molecule has 1 aromatic rings. The molecule has 5 heteroatoms. The summed E-state index contributed by atoms with van der Waals surface area (Å²) in [4.78, 5) is 19.7. The summed E-state index contributed by atoms with van der Waals surface area (Å²) in [6, 6.07) is 1.87. The third-order valence-corrected chi connectivity index (χ3v) is 2.09. The number of rotatable bonds is 5. The summed E-state index contributed by atoms with van der Waals surface area (Å²) in [6.45, 7) is 4.37. The third kappa shape index (κ3) is 4.35. The summed E-state index contributed by atoms with van der Waals surface area (Å²) < 4.78 is 0. The molecule has 5 nitrogen and oxygen atoms in total. The van der Waals surface area contributed by atoms with Gasteiger partial charge >= 0.3 is 0 Å². The van der Waals surface area contributed by atoms with Gasteiger partial charge in [0.05, 0.1) is 0 Å². The third-order valence-electron chi connectivity index (χ3n) is 2.09. The van der Waals surface area contributed by atoms with Gasteiger partial charge in [0.15, 0.2) is 0 Å². The van der Waals surface area contributed by atoms with Crippen molar-refractivity contribution in [3.63, 3.8) is 0 Å². The van der Waals surface area contributed by atoms with Gasteiger partial charge in [-0.15, -0.1) is 0 Å². The van der Waals surface area contributed by atoms with E-state index < -0.39 is 0 Å². The maximum absolute atomic E-state index is 11.5. The molecule has 0 aliphatic heterocycles. The van der Waals surface area contributed by atoms with Gasteiger partial charge < -0.3 is 5.73 Å². The van der Waals surface area contributed by atoms with Crippen molar-refractivity contribution in [1.29, 1.82) is 0 Å². The minimum Gasteiger partial charge on any atom is -0.330 e. The molecule has 0 bridgehead atoms. The summed E-state index contributed by atoms with van der Waals surface area (Å²) in [5.41, 5.74) is 7.05. The Kier molecular flexibility index (Phi) is 4.85. The molecule has 0 atom stereocenters. The number of aromatic nitrogens is 2. The number of hydrogen-bond acceptors (Lipinski definition) is 4. The first kappa shape index (κ1) is 12.6. The van der Waals surface area contributed by atoms with Crippen LogP contribution in [0.5, 0.6) is 0 Å². The minimum atomic E-state index is -0.0570. The zero-order valence-electron chi connectivity index (χ0n) is 9.79. The first-order chi connectivity index (χ1) is 7.61. The molecule has 1 aromatic heterocycles. The Balaban J connectivity index is 2.49. The van der Waals surface area contributed by atoms with Gasteiger partial charge in [0, 0.05) is 17.8 Å². The molecule has 0 unspecified atom stereocenters. The average molecular weight is 222 g/mol. The van der Waals surface area contributed by atoms with Gasteiger partial charge in [-0.3, -0.25) is 10.1 Å². The van der Waals surface area contributed by atoms with Crippen molar-refractivity contribution in [1.82, 2.24) is 9.97 Å². The van der Waals surface area contributed by atoms with Gasteiger partial charge in [-0.25, -0.2) is 9.97 Å². The number of anilines is 1. The molecule has 0 aliphatic rings. The van der Waals surface area contributed by atoms with Gasteiger partial charge in [0.25, 0.3) is 0 Å². The molecule has 1 rings (SSSR count). The Bertz CT molecular complexity index is 345. The predicted molar refractivity (Wildman–Crippen MR) is 63.0 cm³/mol. The van der Waals surface area contributed by atoms with E-state index >= 15 is 0 Å². The summed E-state index contributed by atoms with van der Waals surface area (Å²) in [6.07, 6.45) is 2.13. The van der Waals surface area contributed by atoms with Crippen LogP contribution < -0.4 is 11.1 Å². The quantitative estimate of drug-likeness (QED) is 0.732. The summed E-state index contributed by atoms with van der Waals surface area (Å²) in [5, 5.41) is 2.68. The zero-order valence-corrected chi connectivity index (χ0v) is 9.79. The second-order valence-electron chi connectivity index (χ2n) is 3.77. The van der Waals surface area contributed by atoms with Crippen LogP contribution in [0, 0.1) is 13.8 Å². The number of nitrogens with zero attached hydrogens (tertiary/aromatic N) is 2. The monoisotopic (exact) mass is 222 g/mol. The molecular formula is C11H18N4O. The van der Waals surface area contributed by atoms with Gasteiger partial charge in [-0.1, -0.05) is 0 Å². The molecule has 0 spiro atoms. The van der Waals surface area contributed by atoms with Crippen molar-refractivity contribution < 1.29 is 4.79 Å². The number of nitrogens with one attached hydrogen (secondary N) is 1. The van der Waals surface area contributed by atoms with Crippen molar-refractivity contribution >= 4 is 11.9 Å². The lowest BCUT2D eigenvalue weighted by Gasteiger charge is -2.05. The maximum Gasteiger partial charge on any atom is 0.229 e. The summed E-state index contributed by atoms with van der Waals surface area (Å²) >= 11 is 0. The van der Waals surface area contributed by atoms with Crippen LogP contribution in [0.2, 0.25) is 0 Å². The molecule has 0 aliphatic carbocycles. The van der Waals surface area contributed by atoms with Crippen LogP contribution in [0.4, 0.5) is 5.95 Å². The molecule has 0 aromatic carbocycles. The number of unbranched alkanes of at least 4 members (excludes halogenated alkanes) is 1. The highest BCUT2D eigenvalue weighted by atomic mass is 16.1. The van der Waals surface area contributed by atoms with E-state index in [2.05, 4.69) is 15.3 Å². The van der Waals surface area contributed by atoms with Crippen molar-refractivity contribution in [3.8, 4) is 0 Å². The fraction of sp³-hybridized carbons (Fsp3) is 0.545.